The third-order valence-corrected chi connectivity index (χ3v) is 5.05. The largest absolute Gasteiger partial charge is 0.361 e. The second kappa shape index (κ2) is 6.11. The molecule has 0 atom stereocenters. The zero-order valence-electron chi connectivity index (χ0n) is 14.9. The molecule has 0 bridgehead atoms. The minimum Gasteiger partial charge on any atom is -0.361 e. The summed E-state index contributed by atoms with van der Waals surface area (Å²) in [5.41, 5.74) is 4.85. The maximum absolute atomic E-state index is 6.17. The summed E-state index contributed by atoms with van der Waals surface area (Å²) in [6, 6.07) is 6.00. The van der Waals surface area contributed by atoms with Crippen molar-refractivity contribution in [1.29, 1.82) is 0 Å². The van der Waals surface area contributed by atoms with Crippen molar-refractivity contribution >= 4 is 22.5 Å². The smallest absolute Gasteiger partial charge is 0.133 e. The first-order valence-electron chi connectivity index (χ1n) is 8.73. The molecule has 0 saturated heterocycles. The Kier molecular flexibility index (Phi) is 4.05. The summed E-state index contributed by atoms with van der Waals surface area (Å²) in [5, 5.41) is 1.98. The summed E-state index contributed by atoms with van der Waals surface area (Å²) in [4.78, 5) is 15.2. The summed E-state index contributed by atoms with van der Waals surface area (Å²) in [6.45, 7) is 9.27. The van der Waals surface area contributed by atoms with Crippen LogP contribution in [0.4, 0.5) is 0 Å². The predicted molar refractivity (Wildman–Crippen MR) is 102 cm³/mol. The van der Waals surface area contributed by atoms with Crippen LogP contribution < -0.4 is 0 Å². The van der Waals surface area contributed by atoms with Crippen LogP contribution in [0.3, 0.4) is 0 Å². The van der Waals surface area contributed by atoms with Gasteiger partial charge in [0.15, 0.2) is 0 Å². The minimum absolute atomic E-state index is 0.0229. The number of nitrogens with one attached hydrogen (secondary N) is 1. The van der Waals surface area contributed by atoms with Gasteiger partial charge >= 0.3 is 0 Å². The van der Waals surface area contributed by atoms with Gasteiger partial charge in [-0.25, -0.2) is 9.97 Å². The molecule has 4 nitrogen and oxygen atoms in total. The van der Waals surface area contributed by atoms with Crippen LogP contribution in [0.1, 0.15) is 43.4 Å². The van der Waals surface area contributed by atoms with E-state index in [1.165, 1.54) is 22.2 Å². The summed E-state index contributed by atoms with van der Waals surface area (Å²) < 4.78 is 0. The molecule has 3 heterocycles. The minimum atomic E-state index is -0.0229. The first-order chi connectivity index (χ1) is 11.9. The first-order valence-corrected chi connectivity index (χ1v) is 9.11. The first kappa shape index (κ1) is 16.6. The number of halogens is 1. The van der Waals surface area contributed by atoms with E-state index in [4.69, 9.17) is 16.6 Å². The summed E-state index contributed by atoms with van der Waals surface area (Å²) >= 11 is 6.17. The molecule has 25 heavy (non-hydrogen) atoms. The average Bonchev–Trinajstić information content (AvgIpc) is 2.95. The lowest BCUT2D eigenvalue weighted by Crippen LogP contribution is -2.32. The Morgan fingerprint density at radius 2 is 2.12 bits per heavy atom. The van der Waals surface area contributed by atoms with E-state index >= 15 is 0 Å². The molecule has 1 N–H and O–H groups in total. The molecule has 2 aromatic heterocycles. The van der Waals surface area contributed by atoms with Gasteiger partial charge in [-0.3, -0.25) is 4.90 Å². The fourth-order valence-corrected chi connectivity index (χ4v) is 3.55. The Morgan fingerprint density at radius 1 is 1.28 bits per heavy atom. The topological polar surface area (TPSA) is 44.8 Å². The standard InChI is InChI=1S/C20H23ClN4/c1-20(2,3)19-23-9-13-6-7-25(12-18(13)24-19)11-14-10-22-17-5-4-15(21)8-16(14)17/h4-5,8-10,22H,6-7,11-12H2,1-3H3. The molecule has 130 valence electrons. The van der Waals surface area contributed by atoms with Crippen molar-refractivity contribution in [3.8, 4) is 0 Å². The number of fused-ring (bicyclic) bond motifs is 2. The molecular formula is C20H23ClN4. The average molecular weight is 355 g/mol. The molecule has 0 radical (unpaired) electrons. The molecule has 0 unspecified atom stereocenters. The number of aromatic amines is 1. The number of benzene rings is 1. The maximum atomic E-state index is 6.17. The van der Waals surface area contributed by atoms with E-state index < -0.39 is 0 Å². The highest BCUT2D eigenvalue weighted by molar-refractivity contribution is 6.31. The highest BCUT2D eigenvalue weighted by atomic mass is 35.5. The maximum Gasteiger partial charge on any atom is 0.133 e. The number of nitrogens with zero attached hydrogens (tertiary/aromatic N) is 3. The lowest BCUT2D eigenvalue weighted by atomic mass is 9.95. The predicted octanol–water partition coefficient (Wildman–Crippen LogP) is 4.47. The third-order valence-electron chi connectivity index (χ3n) is 4.82. The zero-order chi connectivity index (χ0) is 17.6. The summed E-state index contributed by atoms with van der Waals surface area (Å²) in [6.07, 6.45) is 5.12. The zero-order valence-corrected chi connectivity index (χ0v) is 15.7. The van der Waals surface area contributed by atoms with Crippen molar-refractivity contribution in [2.75, 3.05) is 6.54 Å². The van der Waals surface area contributed by atoms with Gasteiger partial charge in [-0.1, -0.05) is 32.4 Å². The van der Waals surface area contributed by atoms with Crippen LogP contribution in [0.25, 0.3) is 10.9 Å². The van der Waals surface area contributed by atoms with E-state index in [1.54, 1.807) is 0 Å². The normalized spacial score (nSPS) is 15.5. The number of hydrogen-bond donors (Lipinski definition) is 1. The fraction of sp³-hybridized carbons (Fsp3) is 0.400. The summed E-state index contributed by atoms with van der Waals surface area (Å²) in [5.74, 6) is 0.923. The molecular weight excluding hydrogens is 332 g/mol. The van der Waals surface area contributed by atoms with Crippen LogP contribution in [-0.4, -0.2) is 26.4 Å². The van der Waals surface area contributed by atoms with E-state index in [-0.39, 0.29) is 5.41 Å². The van der Waals surface area contributed by atoms with Gasteiger partial charge in [0.25, 0.3) is 0 Å². The molecule has 1 aromatic carbocycles. The SMILES string of the molecule is CC(C)(C)c1ncc2c(n1)CN(Cc1c[nH]c3ccc(Cl)cc13)CC2. The molecule has 0 amide bonds. The lowest BCUT2D eigenvalue weighted by molar-refractivity contribution is 0.241. The Labute approximate surface area is 153 Å². The monoisotopic (exact) mass is 354 g/mol. The van der Waals surface area contributed by atoms with Crippen LogP contribution >= 0.6 is 11.6 Å². The molecule has 1 aliphatic rings. The number of hydrogen-bond acceptors (Lipinski definition) is 3. The molecule has 0 saturated carbocycles. The van der Waals surface area contributed by atoms with Gasteiger partial charge in [0.05, 0.1) is 5.69 Å². The second-order valence-corrected chi connectivity index (χ2v) is 8.32. The van der Waals surface area contributed by atoms with Gasteiger partial charge < -0.3 is 4.98 Å². The van der Waals surface area contributed by atoms with E-state index in [2.05, 4.69) is 41.8 Å². The number of aromatic nitrogens is 3. The van der Waals surface area contributed by atoms with Crippen molar-refractivity contribution in [1.82, 2.24) is 19.9 Å². The van der Waals surface area contributed by atoms with Gasteiger partial charge in [0.1, 0.15) is 5.82 Å². The number of H-pyrrole nitrogens is 1. The Balaban J connectivity index is 1.58. The van der Waals surface area contributed by atoms with Crippen molar-refractivity contribution in [2.45, 2.75) is 45.7 Å². The van der Waals surface area contributed by atoms with E-state index in [9.17, 15) is 0 Å². The van der Waals surface area contributed by atoms with Gasteiger partial charge in [-0.2, -0.15) is 0 Å². The van der Waals surface area contributed by atoms with Crippen molar-refractivity contribution in [3.63, 3.8) is 0 Å². The Bertz CT molecular complexity index is 923. The van der Waals surface area contributed by atoms with Crippen molar-refractivity contribution in [2.24, 2.45) is 0 Å². The highest BCUT2D eigenvalue weighted by Gasteiger charge is 2.23. The molecule has 5 heteroatoms. The number of rotatable bonds is 2. The van der Waals surface area contributed by atoms with Crippen LogP contribution in [0.5, 0.6) is 0 Å². The van der Waals surface area contributed by atoms with Gasteiger partial charge in [-0.15, -0.1) is 0 Å². The van der Waals surface area contributed by atoms with Gasteiger partial charge in [0, 0.05) is 53.4 Å². The van der Waals surface area contributed by atoms with Crippen molar-refractivity contribution < 1.29 is 0 Å². The molecule has 0 aliphatic carbocycles. The van der Waals surface area contributed by atoms with Gasteiger partial charge in [-0.05, 0) is 35.7 Å². The van der Waals surface area contributed by atoms with Gasteiger partial charge in [0.2, 0.25) is 0 Å². The van der Waals surface area contributed by atoms with Crippen LogP contribution in [0, 0.1) is 0 Å². The van der Waals surface area contributed by atoms with Crippen molar-refractivity contribution in [3.05, 3.63) is 58.3 Å². The quantitative estimate of drug-likeness (QED) is 0.738. The van der Waals surface area contributed by atoms with Crippen LogP contribution in [0.2, 0.25) is 5.02 Å². The second-order valence-electron chi connectivity index (χ2n) is 7.88. The fourth-order valence-electron chi connectivity index (χ4n) is 3.38. The lowest BCUT2D eigenvalue weighted by Gasteiger charge is -2.29. The van der Waals surface area contributed by atoms with E-state index in [0.717, 1.165) is 42.4 Å². The van der Waals surface area contributed by atoms with Crippen LogP contribution in [-0.2, 0) is 24.9 Å². The molecule has 3 aromatic rings. The Hall–Kier alpha value is -1.91. The molecule has 1 aliphatic heterocycles. The Morgan fingerprint density at radius 3 is 2.92 bits per heavy atom. The summed E-state index contributed by atoms with van der Waals surface area (Å²) in [7, 11) is 0. The highest BCUT2D eigenvalue weighted by Crippen LogP contribution is 2.26. The molecule has 0 fully saturated rings. The van der Waals surface area contributed by atoms with E-state index in [0.29, 0.717) is 0 Å². The molecule has 0 spiro atoms. The molecule has 4 rings (SSSR count). The van der Waals surface area contributed by atoms with E-state index in [1.807, 2.05) is 24.4 Å². The third kappa shape index (κ3) is 3.29. The van der Waals surface area contributed by atoms with Crippen LogP contribution in [0.15, 0.2) is 30.6 Å².